The molecule has 4 nitrogen and oxygen atoms in total. The smallest absolute Gasteiger partial charge is 0.310 e. The van der Waals surface area contributed by atoms with E-state index >= 15 is 0 Å². The van der Waals surface area contributed by atoms with Gasteiger partial charge in [-0.25, -0.2) is 4.98 Å². The standard InChI is InChI=1S/C13H22F2N4/c1-10(2)18-5-3-11(9-18)7-16-8-12-17-4-6-19(12)13(14)15/h4,6,10-11,13,16H,3,5,7-9H2,1-2H3. The summed E-state index contributed by atoms with van der Waals surface area (Å²) in [5.41, 5.74) is 0. The second-order valence-electron chi connectivity index (χ2n) is 5.40. The number of nitrogens with one attached hydrogen (secondary N) is 1. The van der Waals surface area contributed by atoms with Crippen LogP contribution < -0.4 is 5.32 Å². The Kier molecular flexibility index (Phi) is 4.87. The van der Waals surface area contributed by atoms with Gasteiger partial charge in [-0.15, -0.1) is 0 Å². The van der Waals surface area contributed by atoms with Crippen molar-refractivity contribution in [1.29, 1.82) is 0 Å². The minimum Gasteiger partial charge on any atom is -0.310 e. The summed E-state index contributed by atoms with van der Waals surface area (Å²) in [6.07, 6.45) is 3.91. The van der Waals surface area contributed by atoms with Gasteiger partial charge in [0.05, 0.1) is 6.54 Å². The lowest BCUT2D eigenvalue weighted by Gasteiger charge is -2.20. The number of aromatic nitrogens is 2. The van der Waals surface area contributed by atoms with Crippen molar-refractivity contribution >= 4 is 0 Å². The van der Waals surface area contributed by atoms with Crippen molar-refractivity contribution in [1.82, 2.24) is 19.8 Å². The largest absolute Gasteiger partial charge is 0.319 e. The van der Waals surface area contributed by atoms with E-state index in [1.807, 2.05) is 0 Å². The number of hydrogen-bond donors (Lipinski definition) is 1. The minimum absolute atomic E-state index is 0.397. The van der Waals surface area contributed by atoms with Crippen molar-refractivity contribution < 1.29 is 8.78 Å². The number of rotatable bonds is 6. The van der Waals surface area contributed by atoms with Crippen molar-refractivity contribution in [2.75, 3.05) is 19.6 Å². The molecule has 0 aromatic carbocycles. The van der Waals surface area contributed by atoms with Gasteiger partial charge in [0.25, 0.3) is 0 Å². The van der Waals surface area contributed by atoms with E-state index in [-0.39, 0.29) is 0 Å². The summed E-state index contributed by atoms with van der Waals surface area (Å²) < 4.78 is 26.1. The predicted octanol–water partition coefficient (Wildman–Crippen LogP) is 2.10. The summed E-state index contributed by atoms with van der Waals surface area (Å²) in [5.74, 6) is 1.01. The van der Waals surface area contributed by atoms with Crippen LogP contribution >= 0.6 is 0 Å². The van der Waals surface area contributed by atoms with Crippen LogP contribution in [0.5, 0.6) is 0 Å². The quantitative estimate of drug-likeness (QED) is 0.861. The van der Waals surface area contributed by atoms with E-state index in [4.69, 9.17) is 0 Å². The third-order valence-corrected chi connectivity index (χ3v) is 3.72. The predicted molar refractivity (Wildman–Crippen MR) is 70.0 cm³/mol. The minimum atomic E-state index is -2.51. The van der Waals surface area contributed by atoms with E-state index in [2.05, 4.69) is 29.0 Å². The molecule has 19 heavy (non-hydrogen) atoms. The molecule has 1 N–H and O–H groups in total. The molecule has 1 atom stereocenters. The van der Waals surface area contributed by atoms with Crippen LogP contribution in [0.1, 0.15) is 32.6 Å². The first-order valence-corrected chi connectivity index (χ1v) is 6.82. The first-order chi connectivity index (χ1) is 9.08. The van der Waals surface area contributed by atoms with Crippen LogP contribution in [-0.4, -0.2) is 40.1 Å². The number of likely N-dealkylation sites (tertiary alicyclic amines) is 1. The molecule has 0 aliphatic carbocycles. The average Bonchev–Trinajstić information content (AvgIpc) is 2.97. The van der Waals surface area contributed by atoms with Crippen molar-refractivity contribution in [3.8, 4) is 0 Å². The third kappa shape index (κ3) is 3.73. The fourth-order valence-electron chi connectivity index (χ4n) is 2.54. The Balaban J connectivity index is 1.74. The second-order valence-corrected chi connectivity index (χ2v) is 5.40. The molecule has 1 aromatic rings. The molecule has 0 spiro atoms. The zero-order valence-electron chi connectivity index (χ0n) is 11.5. The highest BCUT2D eigenvalue weighted by atomic mass is 19.3. The summed E-state index contributed by atoms with van der Waals surface area (Å²) in [6, 6.07) is 0.586. The van der Waals surface area contributed by atoms with Gasteiger partial charge in [0, 0.05) is 25.0 Å². The van der Waals surface area contributed by atoms with Crippen LogP contribution in [-0.2, 0) is 6.54 Å². The molecule has 1 saturated heterocycles. The maximum atomic E-state index is 12.6. The van der Waals surface area contributed by atoms with E-state index in [1.54, 1.807) is 0 Å². The van der Waals surface area contributed by atoms with Gasteiger partial charge in [-0.2, -0.15) is 8.78 Å². The van der Waals surface area contributed by atoms with Crippen molar-refractivity contribution in [3.63, 3.8) is 0 Å². The molecule has 1 aliphatic heterocycles. The maximum absolute atomic E-state index is 12.6. The van der Waals surface area contributed by atoms with Crippen molar-refractivity contribution in [2.45, 2.75) is 39.4 Å². The zero-order chi connectivity index (χ0) is 13.8. The maximum Gasteiger partial charge on any atom is 0.319 e. The summed E-state index contributed by atoms with van der Waals surface area (Å²) in [7, 11) is 0. The Morgan fingerprint density at radius 2 is 2.26 bits per heavy atom. The van der Waals surface area contributed by atoms with Gasteiger partial charge in [-0.3, -0.25) is 4.57 Å². The van der Waals surface area contributed by atoms with E-state index < -0.39 is 6.55 Å². The second kappa shape index (κ2) is 6.43. The molecule has 0 saturated carbocycles. The molecule has 2 heterocycles. The van der Waals surface area contributed by atoms with Crippen LogP contribution in [0.25, 0.3) is 0 Å². The van der Waals surface area contributed by atoms with Gasteiger partial charge in [0.2, 0.25) is 0 Å². The molecule has 6 heteroatoms. The van der Waals surface area contributed by atoms with Crippen LogP contribution in [0.4, 0.5) is 8.78 Å². The van der Waals surface area contributed by atoms with Crippen LogP contribution in [0.3, 0.4) is 0 Å². The van der Waals surface area contributed by atoms with E-state index in [1.165, 1.54) is 18.8 Å². The SMILES string of the molecule is CC(C)N1CCC(CNCc2nccn2C(F)F)C1. The van der Waals surface area contributed by atoms with Crippen LogP contribution in [0.15, 0.2) is 12.4 Å². The molecule has 0 radical (unpaired) electrons. The Labute approximate surface area is 112 Å². The lowest BCUT2D eigenvalue weighted by molar-refractivity contribution is 0.0666. The van der Waals surface area contributed by atoms with Crippen LogP contribution in [0.2, 0.25) is 0 Å². The average molecular weight is 272 g/mol. The fraction of sp³-hybridized carbons (Fsp3) is 0.769. The highest BCUT2D eigenvalue weighted by Gasteiger charge is 2.23. The molecule has 1 aromatic heterocycles. The topological polar surface area (TPSA) is 33.1 Å². The van der Waals surface area contributed by atoms with E-state index in [0.29, 0.717) is 24.3 Å². The Bertz CT molecular complexity index is 392. The lowest BCUT2D eigenvalue weighted by Crippen LogP contribution is -2.30. The summed E-state index contributed by atoms with van der Waals surface area (Å²) in [4.78, 5) is 6.41. The summed E-state index contributed by atoms with van der Waals surface area (Å²) in [5, 5.41) is 3.24. The third-order valence-electron chi connectivity index (χ3n) is 3.72. The monoisotopic (exact) mass is 272 g/mol. The summed E-state index contributed by atoms with van der Waals surface area (Å²) >= 11 is 0. The first-order valence-electron chi connectivity index (χ1n) is 6.82. The Hall–Kier alpha value is -1.01. The number of hydrogen-bond acceptors (Lipinski definition) is 3. The molecular formula is C13H22F2N4. The van der Waals surface area contributed by atoms with Crippen molar-refractivity contribution in [2.24, 2.45) is 5.92 Å². The van der Waals surface area contributed by atoms with Gasteiger partial charge in [0.1, 0.15) is 5.82 Å². The molecule has 2 rings (SSSR count). The molecule has 1 fully saturated rings. The van der Waals surface area contributed by atoms with Crippen molar-refractivity contribution in [3.05, 3.63) is 18.2 Å². The highest BCUT2D eigenvalue weighted by molar-refractivity contribution is 4.92. The highest BCUT2D eigenvalue weighted by Crippen LogP contribution is 2.18. The van der Waals surface area contributed by atoms with Gasteiger partial charge >= 0.3 is 6.55 Å². The van der Waals surface area contributed by atoms with Gasteiger partial charge < -0.3 is 10.2 Å². The molecule has 1 aliphatic rings. The number of halogens is 2. The number of nitrogens with zero attached hydrogens (tertiary/aromatic N) is 3. The first kappa shape index (κ1) is 14.4. The number of alkyl halides is 2. The molecule has 0 amide bonds. The number of imidazole rings is 1. The molecule has 0 bridgehead atoms. The zero-order valence-corrected chi connectivity index (χ0v) is 11.5. The van der Waals surface area contributed by atoms with E-state index in [0.717, 1.165) is 24.2 Å². The molecular weight excluding hydrogens is 250 g/mol. The van der Waals surface area contributed by atoms with E-state index in [9.17, 15) is 8.78 Å². The Morgan fingerprint density at radius 3 is 2.89 bits per heavy atom. The normalized spacial score (nSPS) is 20.8. The fourth-order valence-corrected chi connectivity index (χ4v) is 2.54. The molecule has 1 unspecified atom stereocenters. The summed E-state index contributed by atoms with van der Waals surface area (Å²) in [6.45, 7) is 5.38. The Morgan fingerprint density at radius 1 is 1.47 bits per heavy atom. The lowest BCUT2D eigenvalue weighted by atomic mass is 10.1. The van der Waals surface area contributed by atoms with Gasteiger partial charge in [-0.1, -0.05) is 0 Å². The molecule has 108 valence electrons. The van der Waals surface area contributed by atoms with Gasteiger partial charge in [-0.05, 0) is 39.3 Å². The van der Waals surface area contributed by atoms with Gasteiger partial charge in [0.15, 0.2) is 0 Å². The van der Waals surface area contributed by atoms with Crippen LogP contribution in [0, 0.1) is 5.92 Å².